The molecule has 1 aromatic carbocycles. The van der Waals surface area contributed by atoms with Crippen LogP contribution in [-0.2, 0) is 0 Å². The molecule has 0 amide bonds. The molecule has 0 saturated carbocycles. The minimum atomic E-state index is -1.31. The molecule has 1 aliphatic rings. The number of hydrogen-bond donors (Lipinski definition) is 2. The van der Waals surface area contributed by atoms with Gasteiger partial charge in [-0.2, -0.15) is 0 Å². The van der Waals surface area contributed by atoms with E-state index in [9.17, 15) is 19.0 Å². The van der Waals surface area contributed by atoms with Crippen LogP contribution in [0.2, 0.25) is 0 Å². The van der Waals surface area contributed by atoms with Crippen molar-refractivity contribution >= 4 is 0 Å². The zero-order chi connectivity index (χ0) is 14.2. The molecule has 0 spiro atoms. The average molecular weight is 271 g/mol. The van der Waals surface area contributed by atoms with Crippen LogP contribution < -0.4 is 0 Å². The second-order valence-corrected chi connectivity index (χ2v) is 5.59. The molecule has 0 radical (unpaired) electrons. The van der Waals surface area contributed by atoms with Gasteiger partial charge in [-0.25, -0.2) is 8.78 Å². The van der Waals surface area contributed by atoms with Crippen LogP contribution in [0, 0.1) is 11.6 Å². The minimum absolute atomic E-state index is 0.237. The first kappa shape index (κ1) is 14.4. The summed E-state index contributed by atoms with van der Waals surface area (Å²) in [6.45, 7) is 3.54. The Bertz CT molecular complexity index is 459. The van der Waals surface area contributed by atoms with E-state index >= 15 is 0 Å². The number of aliphatic hydroxyl groups excluding tert-OH is 1. The van der Waals surface area contributed by atoms with Crippen molar-refractivity contribution in [2.24, 2.45) is 0 Å². The monoisotopic (exact) mass is 271 g/mol. The SMILES string of the molecule is CC(C)(O)C(O)N1CCC[C@@H]1c1cc(F)ccc1F. The quantitative estimate of drug-likeness (QED) is 0.885. The molecular weight excluding hydrogens is 252 g/mol. The van der Waals surface area contributed by atoms with E-state index in [1.165, 1.54) is 13.8 Å². The summed E-state index contributed by atoms with van der Waals surface area (Å²) in [6, 6.07) is 2.93. The summed E-state index contributed by atoms with van der Waals surface area (Å²) >= 11 is 0. The number of benzene rings is 1. The largest absolute Gasteiger partial charge is 0.386 e. The predicted molar refractivity (Wildman–Crippen MR) is 67.3 cm³/mol. The van der Waals surface area contributed by atoms with Gasteiger partial charge < -0.3 is 10.2 Å². The Labute approximate surface area is 111 Å². The number of halogens is 2. The molecule has 3 nitrogen and oxygen atoms in total. The van der Waals surface area contributed by atoms with Gasteiger partial charge in [-0.3, -0.25) is 4.90 Å². The van der Waals surface area contributed by atoms with Crippen LogP contribution in [0.4, 0.5) is 8.78 Å². The molecule has 0 aromatic heterocycles. The normalized spacial score (nSPS) is 22.7. The van der Waals surface area contributed by atoms with E-state index in [0.29, 0.717) is 13.0 Å². The molecule has 1 aromatic rings. The van der Waals surface area contributed by atoms with Crippen molar-refractivity contribution in [3.05, 3.63) is 35.4 Å². The molecule has 2 rings (SSSR count). The summed E-state index contributed by atoms with van der Waals surface area (Å²) in [5.74, 6) is -0.984. The van der Waals surface area contributed by atoms with Crippen molar-refractivity contribution in [2.75, 3.05) is 6.54 Å². The Morgan fingerprint density at radius 2 is 2.05 bits per heavy atom. The second kappa shape index (κ2) is 5.15. The third-order valence-electron chi connectivity index (χ3n) is 3.56. The van der Waals surface area contributed by atoms with E-state index in [0.717, 1.165) is 24.6 Å². The molecule has 1 fully saturated rings. The third kappa shape index (κ3) is 2.94. The summed E-state index contributed by atoms with van der Waals surface area (Å²) in [5, 5.41) is 20.0. The van der Waals surface area contributed by atoms with Gasteiger partial charge >= 0.3 is 0 Å². The minimum Gasteiger partial charge on any atom is -0.386 e. The van der Waals surface area contributed by atoms with Crippen molar-refractivity contribution in [3.8, 4) is 0 Å². The van der Waals surface area contributed by atoms with E-state index in [-0.39, 0.29) is 5.56 Å². The highest BCUT2D eigenvalue weighted by atomic mass is 19.1. The maximum Gasteiger partial charge on any atom is 0.136 e. The van der Waals surface area contributed by atoms with Gasteiger partial charge in [0.05, 0.1) is 5.60 Å². The number of nitrogens with zero attached hydrogens (tertiary/aromatic N) is 1. The van der Waals surface area contributed by atoms with Gasteiger partial charge in [-0.15, -0.1) is 0 Å². The molecule has 0 bridgehead atoms. The summed E-state index contributed by atoms with van der Waals surface area (Å²) in [5.41, 5.74) is -1.08. The van der Waals surface area contributed by atoms with E-state index < -0.39 is 29.5 Å². The van der Waals surface area contributed by atoms with Crippen LogP contribution in [0.3, 0.4) is 0 Å². The number of likely N-dealkylation sites (tertiary alicyclic amines) is 1. The Kier molecular flexibility index (Phi) is 3.90. The lowest BCUT2D eigenvalue weighted by Crippen LogP contribution is -2.49. The van der Waals surface area contributed by atoms with Crippen molar-refractivity contribution in [1.82, 2.24) is 4.90 Å². The predicted octanol–water partition coefficient (Wildman–Crippen LogP) is 2.19. The maximum atomic E-state index is 13.8. The fourth-order valence-electron chi connectivity index (χ4n) is 2.59. The summed E-state index contributed by atoms with van der Waals surface area (Å²) in [6.07, 6.45) is 0.295. The lowest BCUT2D eigenvalue weighted by Gasteiger charge is -2.36. The van der Waals surface area contributed by atoms with Gasteiger partial charge in [0, 0.05) is 18.2 Å². The van der Waals surface area contributed by atoms with Crippen LogP contribution in [-0.4, -0.2) is 33.5 Å². The molecule has 0 aliphatic carbocycles. The van der Waals surface area contributed by atoms with Crippen LogP contribution in [0.5, 0.6) is 0 Å². The third-order valence-corrected chi connectivity index (χ3v) is 3.56. The maximum absolute atomic E-state index is 13.8. The lowest BCUT2D eigenvalue weighted by molar-refractivity contribution is -0.136. The summed E-state index contributed by atoms with van der Waals surface area (Å²) in [4.78, 5) is 1.62. The standard InChI is InChI=1S/C14H19F2NO2/c1-14(2,19)13(18)17-7-3-4-12(17)10-8-9(15)5-6-11(10)16/h5-6,8,12-13,18-19H,3-4,7H2,1-2H3/t12-,13?/m1/s1. The molecule has 1 saturated heterocycles. The van der Waals surface area contributed by atoms with E-state index in [1.54, 1.807) is 4.90 Å². The van der Waals surface area contributed by atoms with Gasteiger partial charge in [0.15, 0.2) is 0 Å². The molecule has 106 valence electrons. The Hall–Kier alpha value is -1.04. The lowest BCUT2D eigenvalue weighted by atomic mass is 10.0. The highest BCUT2D eigenvalue weighted by Crippen LogP contribution is 2.36. The number of rotatable bonds is 3. The first-order chi connectivity index (χ1) is 8.80. The number of aliphatic hydroxyl groups is 2. The molecule has 2 N–H and O–H groups in total. The van der Waals surface area contributed by atoms with E-state index in [1.807, 2.05) is 0 Å². The molecular formula is C14H19F2NO2. The highest BCUT2D eigenvalue weighted by molar-refractivity contribution is 5.23. The van der Waals surface area contributed by atoms with Crippen molar-refractivity contribution in [3.63, 3.8) is 0 Å². The second-order valence-electron chi connectivity index (χ2n) is 5.59. The van der Waals surface area contributed by atoms with Gasteiger partial charge in [-0.1, -0.05) is 0 Å². The Morgan fingerprint density at radius 3 is 2.68 bits per heavy atom. The molecule has 5 heteroatoms. The Balaban J connectivity index is 2.31. The number of hydrogen-bond acceptors (Lipinski definition) is 3. The molecule has 1 unspecified atom stereocenters. The molecule has 1 aliphatic heterocycles. The topological polar surface area (TPSA) is 43.7 Å². The zero-order valence-corrected chi connectivity index (χ0v) is 11.1. The first-order valence-corrected chi connectivity index (χ1v) is 6.42. The van der Waals surface area contributed by atoms with Gasteiger partial charge in [0.1, 0.15) is 17.9 Å². The van der Waals surface area contributed by atoms with Crippen molar-refractivity contribution in [2.45, 2.75) is 44.6 Å². The Morgan fingerprint density at radius 1 is 1.37 bits per heavy atom. The summed E-state index contributed by atoms with van der Waals surface area (Å²) in [7, 11) is 0. The van der Waals surface area contributed by atoms with Crippen LogP contribution in [0.25, 0.3) is 0 Å². The highest BCUT2D eigenvalue weighted by Gasteiger charge is 2.38. The van der Waals surface area contributed by atoms with Crippen LogP contribution >= 0.6 is 0 Å². The van der Waals surface area contributed by atoms with Crippen molar-refractivity contribution in [1.29, 1.82) is 0 Å². The van der Waals surface area contributed by atoms with Gasteiger partial charge in [0.25, 0.3) is 0 Å². The summed E-state index contributed by atoms with van der Waals surface area (Å²) < 4.78 is 27.1. The fourth-order valence-corrected chi connectivity index (χ4v) is 2.59. The van der Waals surface area contributed by atoms with E-state index in [4.69, 9.17) is 0 Å². The smallest absolute Gasteiger partial charge is 0.136 e. The molecule has 1 heterocycles. The zero-order valence-electron chi connectivity index (χ0n) is 11.1. The van der Waals surface area contributed by atoms with Gasteiger partial charge in [0.2, 0.25) is 0 Å². The van der Waals surface area contributed by atoms with E-state index in [2.05, 4.69) is 0 Å². The average Bonchev–Trinajstić information content (AvgIpc) is 2.78. The van der Waals surface area contributed by atoms with Crippen LogP contribution in [0.15, 0.2) is 18.2 Å². The molecule has 19 heavy (non-hydrogen) atoms. The first-order valence-electron chi connectivity index (χ1n) is 6.42. The van der Waals surface area contributed by atoms with Crippen LogP contribution in [0.1, 0.15) is 38.3 Å². The molecule has 2 atom stereocenters. The van der Waals surface area contributed by atoms with Gasteiger partial charge in [-0.05, 0) is 44.9 Å². The van der Waals surface area contributed by atoms with Crippen molar-refractivity contribution < 1.29 is 19.0 Å². The fraction of sp³-hybridized carbons (Fsp3) is 0.571.